The minimum Gasteiger partial charge on any atom is -0.441 e. The number of nitrogens with one attached hydrogen (secondary N) is 2. The van der Waals surface area contributed by atoms with Gasteiger partial charge in [-0.1, -0.05) is 36.8 Å². The monoisotopic (exact) mass is 327 g/mol. The number of amides is 1. The van der Waals surface area contributed by atoms with E-state index in [-0.39, 0.29) is 11.9 Å². The smallest absolute Gasteiger partial charge is 0.220 e. The van der Waals surface area contributed by atoms with Gasteiger partial charge in [0.05, 0.1) is 6.20 Å². The van der Waals surface area contributed by atoms with E-state index in [0.29, 0.717) is 24.7 Å². The Labute approximate surface area is 142 Å². The van der Waals surface area contributed by atoms with E-state index in [1.165, 1.54) is 5.56 Å². The van der Waals surface area contributed by atoms with Gasteiger partial charge >= 0.3 is 0 Å². The van der Waals surface area contributed by atoms with Crippen molar-refractivity contribution in [2.24, 2.45) is 5.92 Å². The van der Waals surface area contributed by atoms with Gasteiger partial charge in [-0.25, -0.2) is 4.98 Å². The molecule has 2 atom stereocenters. The Morgan fingerprint density at radius 2 is 2.17 bits per heavy atom. The molecule has 1 aliphatic rings. The number of nitrogens with zero attached hydrogens (tertiary/aromatic N) is 1. The van der Waals surface area contributed by atoms with Crippen LogP contribution in [-0.2, 0) is 11.2 Å². The summed E-state index contributed by atoms with van der Waals surface area (Å²) in [5, 5.41) is 6.44. The lowest BCUT2D eigenvalue weighted by Gasteiger charge is -2.30. The molecule has 5 nitrogen and oxygen atoms in total. The molecule has 1 aliphatic heterocycles. The molecule has 128 valence electrons. The van der Waals surface area contributed by atoms with Crippen molar-refractivity contribution in [3.63, 3.8) is 0 Å². The molecule has 24 heavy (non-hydrogen) atoms. The van der Waals surface area contributed by atoms with Crippen LogP contribution in [0.1, 0.15) is 31.2 Å². The van der Waals surface area contributed by atoms with Gasteiger partial charge in [0.25, 0.3) is 0 Å². The first-order valence-electron chi connectivity index (χ1n) is 8.63. The second-order valence-electron chi connectivity index (χ2n) is 6.63. The summed E-state index contributed by atoms with van der Waals surface area (Å²) in [7, 11) is 0. The predicted molar refractivity (Wildman–Crippen MR) is 93.6 cm³/mol. The number of aromatic nitrogens is 1. The van der Waals surface area contributed by atoms with Gasteiger partial charge in [-0.15, -0.1) is 0 Å². The van der Waals surface area contributed by atoms with Crippen molar-refractivity contribution < 1.29 is 9.21 Å². The number of hydrogen-bond acceptors (Lipinski definition) is 4. The van der Waals surface area contributed by atoms with Crippen LogP contribution < -0.4 is 10.6 Å². The zero-order chi connectivity index (χ0) is 16.9. The summed E-state index contributed by atoms with van der Waals surface area (Å²) in [6, 6.07) is 8.35. The Kier molecular flexibility index (Phi) is 5.30. The van der Waals surface area contributed by atoms with Crippen LogP contribution in [0.3, 0.4) is 0 Å². The summed E-state index contributed by atoms with van der Waals surface area (Å²) >= 11 is 0. The number of carbonyl (C=O) groups excluding carboxylic acids is 1. The van der Waals surface area contributed by atoms with E-state index >= 15 is 0 Å². The first kappa shape index (κ1) is 16.7. The second-order valence-corrected chi connectivity index (χ2v) is 6.63. The largest absolute Gasteiger partial charge is 0.441 e. The van der Waals surface area contributed by atoms with Crippen molar-refractivity contribution in [1.29, 1.82) is 0 Å². The molecule has 1 amide bonds. The molecule has 0 bridgehead atoms. The maximum Gasteiger partial charge on any atom is 0.220 e. The molecule has 3 rings (SSSR count). The molecule has 2 N–H and O–H groups in total. The SMILES string of the molecule is Cc1ccc(-c2cnc(CCC(=O)NC3CNCCC3C)o2)cc1. The van der Waals surface area contributed by atoms with Gasteiger partial charge in [0, 0.05) is 31.0 Å². The molecule has 1 saturated heterocycles. The van der Waals surface area contributed by atoms with Gasteiger partial charge < -0.3 is 15.1 Å². The first-order valence-corrected chi connectivity index (χ1v) is 8.63. The van der Waals surface area contributed by atoms with Crippen molar-refractivity contribution in [2.45, 2.75) is 39.2 Å². The zero-order valence-electron chi connectivity index (χ0n) is 14.3. The van der Waals surface area contributed by atoms with E-state index in [2.05, 4.69) is 29.5 Å². The van der Waals surface area contributed by atoms with Crippen molar-refractivity contribution in [2.75, 3.05) is 13.1 Å². The van der Waals surface area contributed by atoms with E-state index in [9.17, 15) is 4.79 Å². The van der Waals surface area contributed by atoms with Gasteiger partial charge in [-0.3, -0.25) is 4.79 Å². The van der Waals surface area contributed by atoms with Crippen molar-refractivity contribution in [3.05, 3.63) is 41.9 Å². The highest BCUT2D eigenvalue weighted by molar-refractivity contribution is 5.76. The Bertz CT molecular complexity index is 678. The molecule has 1 aromatic carbocycles. The summed E-state index contributed by atoms with van der Waals surface area (Å²) in [6.07, 6.45) is 3.75. The third kappa shape index (κ3) is 4.23. The molecule has 5 heteroatoms. The fraction of sp³-hybridized carbons (Fsp3) is 0.474. The topological polar surface area (TPSA) is 67.2 Å². The molecule has 0 saturated carbocycles. The maximum absolute atomic E-state index is 12.1. The van der Waals surface area contributed by atoms with Crippen LogP contribution in [0.25, 0.3) is 11.3 Å². The summed E-state index contributed by atoms with van der Waals surface area (Å²) < 4.78 is 5.77. The molecular weight excluding hydrogens is 302 g/mol. The predicted octanol–water partition coefficient (Wildman–Crippen LogP) is 2.70. The van der Waals surface area contributed by atoms with Crippen LogP contribution in [0.4, 0.5) is 0 Å². The van der Waals surface area contributed by atoms with Crippen LogP contribution in [0.15, 0.2) is 34.9 Å². The van der Waals surface area contributed by atoms with E-state index in [4.69, 9.17) is 4.42 Å². The van der Waals surface area contributed by atoms with Crippen LogP contribution in [0, 0.1) is 12.8 Å². The number of hydrogen-bond donors (Lipinski definition) is 2. The van der Waals surface area contributed by atoms with Crippen molar-refractivity contribution >= 4 is 5.91 Å². The maximum atomic E-state index is 12.1. The Balaban J connectivity index is 1.51. The van der Waals surface area contributed by atoms with Crippen LogP contribution >= 0.6 is 0 Å². The number of piperidine rings is 1. The van der Waals surface area contributed by atoms with E-state index in [1.807, 2.05) is 24.3 Å². The number of oxazole rings is 1. The van der Waals surface area contributed by atoms with Crippen LogP contribution in [0.2, 0.25) is 0 Å². The molecule has 1 aromatic heterocycles. The van der Waals surface area contributed by atoms with Crippen molar-refractivity contribution in [1.82, 2.24) is 15.6 Å². The van der Waals surface area contributed by atoms with E-state index < -0.39 is 0 Å². The second kappa shape index (κ2) is 7.62. The number of carbonyl (C=O) groups is 1. The average Bonchev–Trinajstić information content (AvgIpc) is 3.05. The highest BCUT2D eigenvalue weighted by atomic mass is 16.4. The number of benzene rings is 1. The lowest BCUT2D eigenvalue weighted by atomic mass is 9.95. The molecule has 2 heterocycles. The number of aryl methyl sites for hydroxylation is 2. The van der Waals surface area contributed by atoms with Gasteiger partial charge in [0.15, 0.2) is 11.7 Å². The van der Waals surface area contributed by atoms with Gasteiger partial charge in [0.2, 0.25) is 5.91 Å². The summed E-state index contributed by atoms with van der Waals surface area (Å²) in [4.78, 5) is 16.4. The molecule has 0 spiro atoms. The van der Waals surface area contributed by atoms with Crippen LogP contribution in [-0.4, -0.2) is 30.0 Å². The lowest BCUT2D eigenvalue weighted by molar-refractivity contribution is -0.122. The molecule has 0 aliphatic carbocycles. The summed E-state index contributed by atoms with van der Waals surface area (Å²) in [6.45, 7) is 6.12. The Hall–Kier alpha value is -2.14. The Morgan fingerprint density at radius 1 is 1.38 bits per heavy atom. The molecule has 2 unspecified atom stereocenters. The normalized spacial score (nSPS) is 20.8. The standard InChI is InChI=1S/C19H25N3O2/c1-13-3-5-15(6-4-13)17-12-21-19(24-17)8-7-18(23)22-16-11-20-10-9-14(16)2/h3-6,12,14,16,20H,7-11H2,1-2H3,(H,22,23). The molecule has 2 aromatic rings. The minimum atomic E-state index is 0.0608. The van der Waals surface area contributed by atoms with Gasteiger partial charge in [0.1, 0.15) is 0 Å². The Morgan fingerprint density at radius 3 is 2.92 bits per heavy atom. The van der Waals surface area contributed by atoms with E-state index in [0.717, 1.165) is 30.8 Å². The van der Waals surface area contributed by atoms with E-state index in [1.54, 1.807) is 6.20 Å². The zero-order valence-corrected chi connectivity index (χ0v) is 14.3. The third-order valence-electron chi connectivity index (χ3n) is 4.63. The average molecular weight is 327 g/mol. The fourth-order valence-electron chi connectivity index (χ4n) is 2.96. The van der Waals surface area contributed by atoms with Crippen molar-refractivity contribution in [3.8, 4) is 11.3 Å². The molecular formula is C19H25N3O2. The fourth-order valence-corrected chi connectivity index (χ4v) is 2.96. The quantitative estimate of drug-likeness (QED) is 0.886. The molecule has 1 fully saturated rings. The van der Waals surface area contributed by atoms with Crippen LogP contribution in [0.5, 0.6) is 0 Å². The first-order chi connectivity index (χ1) is 11.6. The summed E-state index contributed by atoms with van der Waals surface area (Å²) in [5.74, 6) is 1.93. The number of rotatable bonds is 5. The highest BCUT2D eigenvalue weighted by Gasteiger charge is 2.22. The molecule has 0 radical (unpaired) electrons. The summed E-state index contributed by atoms with van der Waals surface area (Å²) in [5.41, 5.74) is 2.22. The lowest BCUT2D eigenvalue weighted by Crippen LogP contribution is -2.50. The third-order valence-corrected chi connectivity index (χ3v) is 4.63. The highest BCUT2D eigenvalue weighted by Crippen LogP contribution is 2.21. The van der Waals surface area contributed by atoms with Gasteiger partial charge in [-0.2, -0.15) is 0 Å². The minimum absolute atomic E-state index is 0.0608. The van der Waals surface area contributed by atoms with Gasteiger partial charge in [-0.05, 0) is 25.8 Å².